The van der Waals surface area contributed by atoms with Crippen molar-refractivity contribution in [3.63, 3.8) is 0 Å². The van der Waals surface area contributed by atoms with Crippen molar-refractivity contribution in [1.82, 2.24) is 9.80 Å². The van der Waals surface area contributed by atoms with Crippen LogP contribution in [-0.2, 0) is 10.8 Å². The molecule has 4 bridgehead atoms. The molecule has 11 rings (SSSR count). The molecule has 2 heteroatoms. The lowest BCUT2D eigenvalue weighted by molar-refractivity contribution is 0.0336. The number of fused-ring (bicyclic) bond motifs is 6. The van der Waals surface area contributed by atoms with Crippen LogP contribution in [0, 0.1) is 18.8 Å². The van der Waals surface area contributed by atoms with Gasteiger partial charge in [0.15, 0.2) is 0 Å². The van der Waals surface area contributed by atoms with Gasteiger partial charge < -0.3 is 9.80 Å². The van der Waals surface area contributed by atoms with Crippen LogP contribution in [0.4, 0.5) is 0 Å². The van der Waals surface area contributed by atoms with Gasteiger partial charge in [0.1, 0.15) is 0 Å². The van der Waals surface area contributed by atoms with E-state index >= 15 is 0 Å². The van der Waals surface area contributed by atoms with Crippen LogP contribution >= 0.6 is 0 Å². The zero-order valence-corrected chi connectivity index (χ0v) is 28.7. The molecule has 6 saturated heterocycles. The van der Waals surface area contributed by atoms with E-state index in [0.717, 1.165) is 12.5 Å². The smallest absolute Gasteiger partial charge is 0.0358 e. The highest BCUT2D eigenvalue weighted by Gasteiger charge is 2.49. The summed E-state index contributed by atoms with van der Waals surface area (Å²) >= 11 is 0. The highest BCUT2D eigenvalue weighted by atomic mass is 15.2. The molecule has 5 aromatic carbocycles. The number of piperidine rings is 6. The van der Waals surface area contributed by atoms with Gasteiger partial charge >= 0.3 is 0 Å². The first-order valence-electron chi connectivity index (χ1n) is 18.4. The molecule has 5 aromatic rings. The summed E-state index contributed by atoms with van der Waals surface area (Å²) in [6.07, 6.45) is 5.26. The molecule has 48 heavy (non-hydrogen) atoms. The van der Waals surface area contributed by atoms with Gasteiger partial charge in [0.25, 0.3) is 0 Å². The van der Waals surface area contributed by atoms with Crippen LogP contribution in [-0.4, -0.2) is 49.1 Å². The van der Waals surface area contributed by atoms with Gasteiger partial charge in [-0.25, -0.2) is 0 Å². The van der Waals surface area contributed by atoms with Gasteiger partial charge in [0.2, 0.25) is 0 Å². The molecule has 2 nitrogen and oxygen atoms in total. The maximum Gasteiger partial charge on any atom is 0.0358 e. The van der Waals surface area contributed by atoms with Crippen molar-refractivity contribution in [2.45, 2.75) is 50.4 Å². The number of benzene rings is 5. The summed E-state index contributed by atoms with van der Waals surface area (Å²) in [4.78, 5) is 5.38. The van der Waals surface area contributed by atoms with Gasteiger partial charge in [0, 0.05) is 23.9 Å². The molecular weight excluding hydrogens is 581 g/mol. The summed E-state index contributed by atoms with van der Waals surface area (Å²) < 4.78 is 0. The lowest BCUT2D eigenvalue weighted by Gasteiger charge is -2.54. The molecule has 0 N–H and O–H groups in total. The molecule has 0 saturated carbocycles. The fraction of sp³-hybridized carbons (Fsp3) is 0.348. The molecule has 1 unspecified atom stereocenters. The summed E-state index contributed by atoms with van der Waals surface area (Å²) in [5, 5.41) is 0. The Morgan fingerprint density at radius 2 is 0.750 bits per heavy atom. The van der Waals surface area contributed by atoms with Gasteiger partial charge in [-0.1, -0.05) is 134 Å². The molecule has 6 heterocycles. The molecule has 0 spiro atoms. The van der Waals surface area contributed by atoms with Crippen molar-refractivity contribution in [3.05, 3.63) is 144 Å². The summed E-state index contributed by atoms with van der Waals surface area (Å²) in [7, 11) is 0. The van der Waals surface area contributed by atoms with E-state index in [9.17, 15) is 0 Å². The topological polar surface area (TPSA) is 6.48 Å². The molecule has 6 aliphatic rings. The minimum Gasteiger partial charge on any atom is -0.302 e. The summed E-state index contributed by atoms with van der Waals surface area (Å²) in [5.41, 5.74) is 13.9. The fourth-order valence-corrected chi connectivity index (χ4v) is 10.1. The van der Waals surface area contributed by atoms with Crippen LogP contribution in [0.2, 0.25) is 0 Å². The van der Waals surface area contributed by atoms with Crippen molar-refractivity contribution in [2.24, 2.45) is 11.8 Å². The Hall–Kier alpha value is -3.98. The lowest BCUT2D eigenvalue weighted by Crippen LogP contribution is -2.57. The van der Waals surface area contributed by atoms with Crippen LogP contribution in [0.15, 0.2) is 121 Å². The van der Waals surface area contributed by atoms with Crippen LogP contribution in [0.1, 0.15) is 54.9 Å². The van der Waals surface area contributed by atoms with E-state index in [-0.39, 0.29) is 5.41 Å². The molecule has 0 aliphatic carbocycles. The monoisotopic (exact) mass is 628 g/mol. The second-order valence-corrected chi connectivity index (χ2v) is 15.7. The molecule has 6 fully saturated rings. The first-order valence-corrected chi connectivity index (χ1v) is 18.4. The first kappa shape index (κ1) is 30.1. The molecule has 2 atom stereocenters. The van der Waals surface area contributed by atoms with Gasteiger partial charge in [0.05, 0.1) is 0 Å². The summed E-state index contributed by atoms with van der Waals surface area (Å²) in [6, 6.07) is 46.8. The maximum absolute atomic E-state index is 2.71. The largest absolute Gasteiger partial charge is 0.302 e. The van der Waals surface area contributed by atoms with Gasteiger partial charge in [-0.3, -0.25) is 0 Å². The molecular formula is C46H48N2. The SMILES string of the molecule is Cc1ccc(-c2ccc(-c3ccc(C4(c5ccc(-c6ccc([C@@]7(C)CN8CCC7CC8)cc6)cc5)CN5CCC4CC5)cc3)cc2)cc1. The lowest BCUT2D eigenvalue weighted by atomic mass is 9.59. The Morgan fingerprint density at radius 3 is 1.10 bits per heavy atom. The fourth-order valence-electron chi connectivity index (χ4n) is 10.1. The Balaban J connectivity index is 0.987. The molecule has 6 aliphatic heterocycles. The van der Waals surface area contributed by atoms with Crippen LogP contribution in [0.25, 0.3) is 33.4 Å². The third-order valence-corrected chi connectivity index (χ3v) is 13.1. The highest BCUT2D eigenvalue weighted by Crippen LogP contribution is 2.50. The molecule has 0 radical (unpaired) electrons. The zero-order valence-electron chi connectivity index (χ0n) is 28.7. The highest BCUT2D eigenvalue weighted by molar-refractivity contribution is 5.71. The minimum atomic E-state index is 0.0386. The first-order chi connectivity index (χ1) is 23.5. The zero-order chi connectivity index (χ0) is 32.3. The standard InChI is InChI=1S/C46H48N2/c1-33-3-5-34(6-4-33)35-7-9-36(10-8-35)38-13-19-42(20-14-38)46(32-48-29-25-44(46)26-30-48)43-21-15-39(16-22-43)37-11-17-40(18-12-37)45(2)31-47-27-23-41(45)24-28-47/h3-22,41,44H,23-32H2,1-2H3/t45-,46?/m1/s1. The second-order valence-electron chi connectivity index (χ2n) is 15.7. The second kappa shape index (κ2) is 11.9. The number of nitrogens with zero attached hydrogens (tertiary/aromatic N) is 2. The Kier molecular flexibility index (Phi) is 7.44. The van der Waals surface area contributed by atoms with Crippen LogP contribution < -0.4 is 0 Å². The van der Waals surface area contributed by atoms with Crippen molar-refractivity contribution < 1.29 is 0 Å². The quantitative estimate of drug-likeness (QED) is 0.185. The normalized spacial score (nSPS) is 29.2. The number of rotatable bonds is 6. The van der Waals surface area contributed by atoms with E-state index in [4.69, 9.17) is 0 Å². The maximum atomic E-state index is 2.71. The molecule has 0 amide bonds. The number of hydrogen-bond donors (Lipinski definition) is 0. The minimum absolute atomic E-state index is 0.0386. The third kappa shape index (κ3) is 5.08. The number of aryl methyl sites for hydroxylation is 1. The van der Waals surface area contributed by atoms with Gasteiger partial charge in [-0.15, -0.1) is 0 Å². The van der Waals surface area contributed by atoms with E-state index in [1.54, 1.807) is 0 Å². The molecule has 0 aromatic heterocycles. The predicted molar refractivity (Wildman–Crippen MR) is 200 cm³/mol. The van der Waals surface area contributed by atoms with E-state index in [1.807, 2.05) is 0 Å². The van der Waals surface area contributed by atoms with Crippen molar-refractivity contribution in [3.8, 4) is 33.4 Å². The Bertz CT molecular complexity index is 1870. The van der Waals surface area contributed by atoms with Crippen LogP contribution in [0.3, 0.4) is 0 Å². The van der Waals surface area contributed by atoms with E-state index < -0.39 is 0 Å². The average Bonchev–Trinajstić information content (AvgIpc) is 3.16. The number of hydrogen-bond acceptors (Lipinski definition) is 2. The van der Waals surface area contributed by atoms with E-state index in [0.29, 0.717) is 11.3 Å². The van der Waals surface area contributed by atoms with Crippen molar-refractivity contribution in [1.29, 1.82) is 0 Å². The van der Waals surface area contributed by atoms with Gasteiger partial charge in [-0.2, -0.15) is 0 Å². The van der Waals surface area contributed by atoms with Crippen LogP contribution in [0.5, 0.6) is 0 Å². The summed E-state index contributed by atoms with van der Waals surface area (Å²) in [6.45, 7) is 12.0. The third-order valence-electron chi connectivity index (χ3n) is 13.1. The summed E-state index contributed by atoms with van der Waals surface area (Å²) in [5.74, 6) is 1.50. The predicted octanol–water partition coefficient (Wildman–Crippen LogP) is 9.99. The Morgan fingerprint density at radius 1 is 0.417 bits per heavy atom. The van der Waals surface area contributed by atoms with Crippen molar-refractivity contribution in [2.75, 3.05) is 39.3 Å². The Labute approximate surface area is 287 Å². The average molecular weight is 629 g/mol. The van der Waals surface area contributed by atoms with Crippen molar-refractivity contribution >= 4 is 0 Å². The molecule has 242 valence electrons. The van der Waals surface area contributed by atoms with E-state index in [2.05, 4.69) is 145 Å². The van der Waals surface area contributed by atoms with Gasteiger partial charge in [-0.05, 0) is 121 Å². The van der Waals surface area contributed by atoms with E-state index in [1.165, 1.54) is 114 Å².